The molecule has 1 aromatic carbocycles. The third-order valence-electron chi connectivity index (χ3n) is 4.30. The van der Waals surface area contributed by atoms with Crippen LogP contribution in [0.2, 0.25) is 0 Å². The Balaban J connectivity index is 1.75. The van der Waals surface area contributed by atoms with Gasteiger partial charge in [0.05, 0.1) is 13.4 Å². The predicted octanol–water partition coefficient (Wildman–Crippen LogP) is 3.44. The van der Waals surface area contributed by atoms with E-state index in [1.165, 1.54) is 5.56 Å². The molecule has 0 unspecified atom stereocenters. The summed E-state index contributed by atoms with van der Waals surface area (Å²) >= 11 is 0. The van der Waals surface area contributed by atoms with Gasteiger partial charge in [0.2, 0.25) is 0 Å². The lowest BCUT2D eigenvalue weighted by atomic mass is 10.0. The highest BCUT2D eigenvalue weighted by Crippen LogP contribution is 2.25. The Labute approximate surface area is 130 Å². The number of methoxy groups -OCH3 is 1. The first kappa shape index (κ1) is 14.7. The van der Waals surface area contributed by atoms with Crippen molar-refractivity contribution in [2.75, 3.05) is 13.7 Å². The number of carbonyl (C=O) groups excluding carboxylic acids is 1. The van der Waals surface area contributed by atoms with E-state index < -0.39 is 0 Å². The molecular formula is C18H21NO3. The fourth-order valence-corrected chi connectivity index (χ4v) is 3.11. The monoisotopic (exact) mass is 299 g/mol. The van der Waals surface area contributed by atoms with Crippen LogP contribution < -0.4 is 4.74 Å². The topological polar surface area (TPSA) is 42.7 Å². The van der Waals surface area contributed by atoms with Crippen molar-refractivity contribution in [2.45, 2.75) is 32.2 Å². The van der Waals surface area contributed by atoms with E-state index in [2.05, 4.69) is 6.07 Å². The summed E-state index contributed by atoms with van der Waals surface area (Å²) in [4.78, 5) is 14.6. The molecule has 4 nitrogen and oxygen atoms in total. The van der Waals surface area contributed by atoms with E-state index in [0.29, 0.717) is 5.76 Å². The van der Waals surface area contributed by atoms with E-state index >= 15 is 0 Å². The minimum atomic E-state index is 0.00731. The van der Waals surface area contributed by atoms with E-state index in [1.807, 2.05) is 36.1 Å². The van der Waals surface area contributed by atoms with Gasteiger partial charge in [0.25, 0.3) is 5.91 Å². The quantitative estimate of drug-likeness (QED) is 0.868. The molecule has 1 aliphatic rings. The van der Waals surface area contributed by atoms with Crippen molar-refractivity contribution in [3.05, 3.63) is 53.5 Å². The van der Waals surface area contributed by atoms with Crippen LogP contribution in [0.15, 0.2) is 41.0 Å². The molecule has 0 N–H and O–H groups in total. The van der Waals surface area contributed by atoms with Crippen molar-refractivity contribution < 1.29 is 13.9 Å². The number of carbonyl (C=O) groups is 1. The molecule has 1 atom stereocenters. The third-order valence-corrected chi connectivity index (χ3v) is 4.30. The second kappa shape index (κ2) is 6.26. The van der Waals surface area contributed by atoms with Gasteiger partial charge in [-0.15, -0.1) is 0 Å². The molecule has 2 aromatic rings. The van der Waals surface area contributed by atoms with Gasteiger partial charge < -0.3 is 14.1 Å². The molecule has 1 fully saturated rings. The number of aryl methyl sites for hydroxylation is 1. The fourth-order valence-electron chi connectivity index (χ4n) is 3.11. The van der Waals surface area contributed by atoms with Crippen LogP contribution in [-0.4, -0.2) is 30.5 Å². The lowest BCUT2D eigenvalue weighted by Gasteiger charge is -2.24. The number of ether oxygens (including phenoxy) is 1. The Hall–Kier alpha value is -2.23. The summed E-state index contributed by atoms with van der Waals surface area (Å²) < 4.78 is 10.6. The normalized spacial score (nSPS) is 17.7. The van der Waals surface area contributed by atoms with Crippen molar-refractivity contribution in [1.82, 2.24) is 4.90 Å². The number of furan rings is 1. The maximum atomic E-state index is 12.7. The molecular weight excluding hydrogens is 278 g/mol. The van der Waals surface area contributed by atoms with Crippen LogP contribution >= 0.6 is 0 Å². The lowest BCUT2D eigenvalue weighted by molar-refractivity contribution is 0.0703. The van der Waals surface area contributed by atoms with E-state index in [1.54, 1.807) is 13.4 Å². The Morgan fingerprint density at radius 3 is 3.00 bits per heavy atom. The maximum Gasteiger partial charge on any atom is 0.290 e. The van der Waals surface area contributed by atoms with E-state index in [0.717, 1.165) is 37.1 Å². The second-order valence-electron chi connectivity index (χ2n) is 5.78. The number of nitrogens with zero attached hydrogens (tertiary/aromatic N) is 1. The zero-order valence-corrected chi connectivity index (χ0v) is 13.0. The van der Waals surface area contributed by atoms with Crippen molar-refractivity contribution in [3.8, 4) is 5.75 Å². The summed E-state index contributed by atoms with van der Waals surface area (Å²) in [5.74, 6) is 1.33. The molecule has 116 valence electrons. The molecule has 0 radical (unpaired) electrons. The van der Waals surface area contributed by atoms with Crippen LogP contribution in [0.3, 0.4) is 0 Å². The largest absolute Gasteiger partial charge is 0.497 e. The van der Waals surface area contributed by atoms with E-state index in [-0.39, 0.29) is 11.9 Å². The van der Waals surface area contributed by atoms with Gasteiger partial charge in [0.15, 0.2) is 5.76 Å². The summed E-state index contributed by atoms with van der Waals surface area (Å²) in [6.45, 7) is 2.71. The lowest BCUT2D eigenvalue weighted by Crippen LogP contribution is -2.36. The average molecular weight is 299 g/mol. The van der Waals surface area contributed by atoms with Gasteiger partial charge in [-0.3, -0.25) is 4.79 Å². The Kier molecular flexibility index (Phi) is 4.18. The zero-order valence-electron chi connectivity index (χ0n) is 13.0. The minimum Gasteiger partial charge on any atom is -0.497 e. The third kappa shape index (κ3) is 2.86. The fraction of sp³-hybridized carbons (Fsp3) is 0.389. The average Bonchev–Trinajstić information content (AvgIpc) is 3.16. The molecule has 2 heterocycles. The SMILES string of the molecule is COc1cccc(C[C@@H]2CCCN2C(=O)c2occc2C)c1. The predicted molar refractivity (Wildman–Crippen MR) is 84.2 cm³/mol. The van der Waals surface area contributed by atoms with E-state index in [4.69, 9.17) is 9.15 Å². The first-order valence-corrected chi connectivity index (χ1v) is 7.67. The highest BCUT2D eigenvalue weighted by molar-refractivity contribution is 5.93. The first-order chi connectivity index (χ1) is 10.7. The number of hydrogen-bond donors (Lipinski definition) is 0. The molecule has 1 aromatic heterocycles. The van der Waals surface area contributed by atoms with Crippen LogP contribution in [0.1, 0.15) is 34.5 Å². The summed E-state index contributed by atoms with van der Waals surface area (Å²) in [5, 5.41) is 0. The van der Waals surface area contributed by atoms with Crippen LogP contribution in [0, 0.1) is 6.92 Å². The molecule has 1 aliphatic heterocycles. The van der Waals surface area contributed by atoms with Gasteiger partial charge >= 0.3 is 0 Å². The van der Waals surface area contributed by atoms with Crippen molar-refractivity contribution in [3.63, 3.8) is 0 Å². The van der Waals surface area contributed by atoms with Crippen LogP contribution in [0.25, 0.3) is 0 Å². The summed E-state index contributed by atoms with van der Waals surface area (Å²) in [6.07, 6.45) is 4.50. The Morgan fingerprint density at radius 1 is 1.41 bits per heavy atom. The van der Waals surface area contributed by atoms with Gasteiger partial charge in [-0.2, -0.15) is 0 Å². The highest BCUT2D eigenvalue weighted by atomic mass is 16.5. The van der Waals surface area contributed by atoms with Crippen molar-refractivity contribution in [2.24, 2.45) is 0 Å². The van der Waals surface area contributed by atoms with Gasteiger partial charge in [0, 0.05) is 18.2 Å². The molecule has 0 spiro atoms. The van der Waals surface area contributed by atoms with Gasteiger partial charge in [-0.25, -0.2) is 0 Å². The Bertz CT molecular complexity index is 662. The van der Waals surface area contributed by atoms with Gasteiger partial charge in [0.1, 0.15) is 5.75 Å². The van der Waals surface area contributed by atoms with Gasteiger partial charge in [-0.1, -0.05) is 12.1 Å². The second-order valence-corrected chi connectivity index (χ2v) is 5.78. The highest BCUT2D eigenvalue weighted by Gasteiger charge is 2.31. The van der Waals surface area contributed by atoms with Crippen molar-refractivity contribution in [1.29, 1.82) is 0 Å². The number of benzene rings is 1. The minimum absolute atomic E-state index is 0.00731. The smallest absolute Gasteiger partial charge is 0.290 e. The standard InChI is InChI=1S/C18H21NO3/c1-13-8-10-22-17(13)18(20)19-9-4-6-15(19)11-14-5-3-7-16(12-14)21-2/h3,5,7-8,10,12,15H,4,6,9,11H2,1-2H3/t15-/m0/s1. The molecule has 1 saturated heterocycles. The number of amides is 1. The molecule has 4 heteroatoms. The molecule has 22 heavy (non-hydrogen) atoms. The summed E-state index contributed by atoms with van der Waals surface area (Å²) in [5.41, 5.74) is 2.09. The van der Waals surface area contributed by atoms with E-state index in [9.17, 15) is 4.79 Å². The van der Waals surface area contributed by atoms with Crippen LogP contribution in [0.5, 0.6) is 5.75 Å². The molecule has 0 saturated carbocycles. The number of rotatable bonds is 4. The molecule has 1 amide bonds. The molecule has 0 bridgehead atoms. The number of likely N-dealkylation sites (tertiary alicyclic amines) is 1. The first-order valence-electron chi connectivity index (χ1n) is 7.67. The van der Waals surface area contributed by atoms with Crippen LogP contribution in [0.4, 0.5) is 0 Å². The summed E-state index contributed by atoms with van der Waals surface area (Å²) in [6, 6.07) is 10.1. The van der Waals surface area contributed by atoms with Crippen molar-refractivity contribution >= 4 is 5.91 Å². The number of hydrogen-bond acceptors (Lipinski definition) is 3. The molecule has 3 rings (SSSR count). The summed E-state index contributed by atoms with van der Waals surface area (Å²) in [7, 11) is 1.67. The Morgan fingerprint density at radius 2 is 2.27 bits per heavy atom. The van der Waals surface area contributed by atoms with Crippen LogP contribution in [-0.2, 0) is 6.42 Å². The van der Waals surface area contributed by atoms with Gasteiger partial charge in [-0.05, 0) is 49.9 Å². The zero-order chi connectivity index (χ0) is 15.5. The maximum absolute atomic E-state index is 12.7. The molecule has 0 aliphatic carbocycles.